The van der Waals surface area contributed by atoms with E-state index in [1.165, 1.54) is 5.01 Å². The van der Waals surface area contributed by atoms with Crippen LogP contribution in [0.15, 0.2) is 59.7 Å². The molecule has 1 atom stereocenters. The van der Waals surface area contributed by atoms with E-state index in [1.54, 1.807) is 0 Å². The van der Waals surface area contributed by atoms with Gasteiger partial charge in [0, 0.05) is 19.4 Å². The topological polar surface area (TPSA) is 116 Å². The van der Waals surface area contributed by atoms with Gasteiger partial charge in [-0.1, -0.05) is 30.3 Å². The Kier molecular flexibility index (Phi) is 4.76. The third-order valence-corrected chi connectivity index (χ3v) is 4.61. The first-order valence-electron chi connectivity index (χ1n) is 9.05. The number of H-pyrrole nitrogens is 1. The SMILES string of the molecule is NC(=O)C1CC(C(=O)NCCc2nc3ccccc3[nH]2)=NN1c1ccccc1. The summed E-state index contributed by atoms with van der Waals surface area (Å²) in [6, 6.07) is 16.3. The van der Waals surface area contributed by atoms with Crippen molar-refractivity contribution in [3.05, 3.63) is 60.4 Å². The Morgan fingerprint density at radius 1 is 1.14 bits per heavy atom. The van der Waals surface area contributed by atoms with E-state index >= 15 is 0 Å². The molecule has 2 amide bonds. The molecule has 8 nitrogen and oxygen atoms in total. The zero-order chi connectivity index (χ0) is 19.5. The lowest BCUT2D eigenvalue weighted by Gasteiger charge is -2.20. The molecule has 0 saturated heterocycles. The second kappa shape index (κ2) is 7.51. The van der Waals surface area contributed by atoms with Crippen molar-refractivity contribution in [1.82, 2.24) is 15.3 Å². The van der Waals surface area contributed by atoms with Crippen LogP contribution in [-0.2, 0) is 16.0 Å². The van der Waals surface area contributed by atoms with Gasteiger partial charge in [0.25, 0.3) is 5.91 Å². The van der Waals surface area contributed by atoms with E-state index in [0.29, 0.717) is 13.0 Å². The van der Waals surface area contributed by atoms with Crippen molar-refractivity contribution < 1.29 is 9.59 Å². The molecule has 1 aromatic heterocycles. The second-order valence-electron chi connectivity index (χ2n) is 6.56. The van der Waals surface area contributed by atoms with Crippen molar-refractivity contribution in [3.63, 3.8) is 0 Å². The molecule has 0 fully saturated rings. The summed E-state index contributed by atoms with van der Waals surface area (Å²) >= 11 is 0. The fourth-order valence-corrected chi connectivity index (χ4v) is 3.21. The number of nitrogens with zero attached hydrogens (tertiary/aromatic N) is 3. The van der Waals surface area contributed by atoms with Crippen LogP contribution in [0.1, 0.15) is 12.2 Å². The summed E-state index contributed by atoms with van der Waals surface area (Å²) in [5.74, 6) is -0.0192. The summed E-state index contributed by atoms with van der Waals surface area (Å²) in [7, 11) is 0. The van der Waals surface area contributed by atoms with Crippen LogP contribution in [0, 0.1) is 0 Å². The van der Waals surface area contributed by atoms with Gasteiger partial charge in [-0.15, -0.1) is 0 Å². The molecule has 2 aromatic carbocycles. The number of anilines is 1. The molecule has 1 unspecified atom stereocenters. The van der Waals surface area contributed by atoms with E-state index < -0.39 is 11.9 Å². The van der Waals surface area contributed by atoms with E-state index in [2.05, 4.69) is 20.4 Å². The number of amides is 2. The number of primary amides is 1. The Labute approximate surface area is 161 Å². The molecule has 4 rings (SSSR count). The third kappa shape index (κ3) is 3.57. The molecule has 1 aliphatic heterocycles. The number of benzene rings is 2. The number of aromatic nitrogens is 2. The van der Waals surface area contributed by atoms with Gasteiger partial charge in [0.15, 0.2) is 0 Å². The number of nitrogens with one attached hydrogen (secondary N) is 2. The number of hydrogen-bond donors (Lipinski definition) is 3. The largest absolute Gasteiger partial charge is 0.368 e. The van der Waals surface area contributed by atoms with Crippen molar-refractivity contribution in [3.8, 4) is 0 Å². The Balaban J connectivity index is 1.40. The maximum Gasteiger partial charge on any atom is 0.267 e. The number of hydrazone groups is 1. The van der Waals surface area contributed by atoms with Crippen LogP contribution in [0.5, 0.6) is 0 Å². The van der Waals surface area contributed by atoms with Crippen molar-refractivity contribution in [1.29, 1.82) is 0 Å². The molecule has 0 aliphatic carbocycles. The minimum absolute atomic E-state index is 0.181. The van der Waals surface area contributed by atoms with Gasteiger partial charge in [-0.2, -0.15) is 5.10 Å². The molecule has 2 heterocycles. The predicted octanol–water partition coefficient (Wildman–Crippen LogP) is 1.34. The van der Waals surface area contributed by atoms with Crippen LogP contribution in [0.3, 0.4) is 0 Å². The van der Waals surface area contributed by atoms with Gasteiger partial charge < -0.3 is 16.0 Å². The number of fused-ring (bicyclic) bond motifs is 1. The summed E-state index contributed by atoms with van der Waals surface area (Å²) in [6.45, 7) is 0.407. The fourth-order valence-electron chi connectivity index (χ4n) is 3.21. The predicted molar refractivity (Wildman–Crippen MR) is 107 cm³/mol. The highest BCUT2D eigenvalue weighted by Crippen LogP contribution is 2.24. The summed E-state index contributed by atoms with van der Waals surface area (Å²) in [5, 5.41) is 8.69. The molecule has 0 bridgehead atoms. The quantitative estimate of drug-likeness (QED) is 0.602. The first kappa shape index (κ1) is 17.7. The van der Waals surface area contributed by atoms with Crippen LogP contribution < -0.4 is 16.1 Å². The summed E-state index contributed by atoms with van der Waals surface area (Å²) in [4.78, 5) is 32.0. The van der Waals surface area contributed by atoms with Gasteiger partial charge in [-0.05, 0) is 24.3 Å². The van der Waals surface area contributed by atoms with Crippen LogP contribution >= 0.6 is 0 Å². The van der Waals surface area contributed by atoms with Crippen LogP contribution in [0.4, 0.5) is 5.69 Å². The Bertz CT molecular complexity index is 1010. The molecule has 1 aliphatic rings. The van der Waals surface area contributed by atoms with Crippen molar-refractivity contribution in [2.75, 3.05) is 11.6 Å². The number of hydrogen-bond acceptors (Lipinski definition) is 5. The summed E-state index contributed by atoms with van der Waals surface area (Å²) < 4.78 is 0. The highest BCUT2D eigenvalue weighted by Gasteiger charge is 2.34. The number of carbonyl (C=O) groups excluding carboxylic acids is 2. The molecule has 0 saturated carbocycles. The number of nitrogens with two attached hydrogens (primary N) is 1. The van der Waals surface area contributed by atoms with Crippen LogP contribution in [0.2, 0.25) is 0 Å². The number of rotatable bonds is 6. The van der Waals surface area contributed by atoms with Gasteiger partial charge in [-0.25, -0.2) is 4.98 Å². The Hall–Kier alpha value is -3.68. The number of carbonyl (C=O) groups is 2. The summed E-state index contributed by atoms with van der Waals surface area (Å²) in [5.41, 5.74) is 8.37. The van der Waals surface area contributed by atoms with E-state index in [0.717, 1.165) is 22.5 Å². The molecule has 0 radical (unpaired) electrons. The fraction of sp³-hybridized carbons (Fsp3) is 0.200. The van der Waals surface area contributed by atoms with Gasteiger partial charge in [0.2, 0.25) is 5.91 Å². The third-order valence-electron chi connectivity index (χ3n) is 4.61. The average molecular weight is 376 g/mol. The minimum Gasteiger partial charge on any atom is -0.368 e. The maximum absolute atomic E-state index is 12.5. The number of aromatic amines is 1. The first-order valence-corrected chi connectivity index (χ1v) is 9.05. The molecule has 8 heteroatoms. The monoisotopic (exact) mass is 376 g/mol. The lowest BCUT2D eigenvalue weighted by atomic mass is 10.1. The number of imidazole rings is 1. The van der Waals surface area contributed by atoms with E-state index in [9.17, 15) is 9.59 Å². The van der Waals surface area contributed by atoms with Gasteiger partial charge >= 0.3 is 0 Å². The molecule has 142 valence electrons. The van der Waals surface area contributed by atoms with E-state index in [-0.39, 0.29) is 18.0 Å². The zero-order valence-electron chi connectivity index (χ0n) is 15.1. The van der Waals surface area contributed by atoms with Gasteiger partial charge in [0.05, 0.1) is 16.7 Å². The standard InChI is InChI=1S/C20H20N6O2/c21-19(27)17-12-16(25-26(17)13-6-2-1-3-7-13)20(28)22-11-10-18-23-14-8-4-5-9-15(14)24-18/h1-9,17H,10-12H2,(H2,21,27)(H,22,28)(H,23,24). The summed E-state index contributed by atoms with van der Waals surface area (Å²) in [6.07, 6.45) is 0.746. The Morgan fingerprint density at radius 2 is 1.89 bits per heavy atom. The van der Waals surface area contributed by atoms with Gasteiger partial charge in [0.1, 0.15) is 17.6 Å². The number of para-hydroxylation sites is 3. The molecule has 0 spiro atoms. The lowest BCUT2D eigenvalue weighted by Crippen LogP contribution is -2.40. The second-order valence-corrected chi connectivity index (χ2v) is 6.56. The first-order chi connectivity index (χ1) is 13.6. The van der Waals surface area contributed by atoms with Crippen molar-refractivity contribution >= 4 is 34.2 Å². The molecular weight excluding hydrogens is 356 g/mol. The minimum atomic E-state index is -0.668. The normalized spacial score (nSPS) is 16.2. The molecular formula is C20H20N6O2. The molecule has 3 aromatic rings. The van der Waals surface area contributed by atoms with Crippen LogP contribution in [-0.4, -0.2) is 40.1 Å². The van der Waals surface area contributed by atoms with Crippen molar-refractivity contribution in [2.24, 2.45) is 10.8 Å². The van der Waals surface area contributed by atoms with E-state index in [4.69, 9.17) is 5.73 Å². The lowest BCUT2D eigenvalue weighted by molar-refractivity contribution is -0.119. The average Bonchev–Trinajstić information content (AvgIpc) is 3.33. The van der Waals surface area contributed by atoms with Crippen LogP contribution in [0.25, 0.3) is 11.0 Å². The van der Waals surface area contributed by atoms with Gasteiger partial charge in [-0.3, -0.25) is 14.6 Å². The maximum atomic E-state index is 12.5. The highest BCUT2D eigenvalue weighted by molar-refractivity contribution is 6.40. The molecule has 4 N–H and O–H groups in total. The Morgan fingerprint density at radius 3 is 2.64 bits per heavy atom. The smallest absolute Gasteiger partial charge is 0.267 e. The zero-order valence-corrected chi connectivity index (χ0v) is 15.1. The highest BCUT2D eigenvalue weighted by atomic mass is 16.2. The molecule has 28 heavy (non-hydrogen) atoms. The van der Waals surface area contributed by atoms with Crippen molar-refractivity contribution in [2.45, 2.75) is 18.9 Å². The van der Waals surface area contributed by atoms with E-state index in [1.807, 2.05) is 54.6 Å².